The zero-order chi connectivity index (χ0) is 15.8. The van der Waals surface area contributed by atoms with Gasteiger partial charge in [0.05, 0.1) is 31.0 Å². The smallest absolute Gasteiger partial charge is 0.278 e. The number of fused-ring (bicyclic) bond motifs is 1. The van der Waals surface area contributed by atoms with Gasteiger partial charge >= 0.3 is 0 Å². The summed E-state index contributed by atoms with van der Waals surface area (Å²) in [6.07, 6.45) is 0.882. The number of halogens is 2. The molecule has 0 bridgehead atoms. The molecule has 10 heteroatoms. The van der Waals surface area contributed by atoms with Crippen LogP contribution in [0.15, 0.2) is 6.07 Å². The number of rotatable bonds is 4. The molecule has 1 aromatic carbocycles. The van der Waals surface area contributed by atoms with Crippen LogP contribution in [0.25, 0.3) is 11.0 Å². The molecule has 2 aromatic rings. The van der Waals surface area contributed by atoms with E-state index in [-0.39, 0.29) is 27.8 Å². The Morgan fingerprint density at radius 1 is 1.24 bits per heavy atom. The van der Waals surface area contributed by atoms with Gasteiger partial charge in [-0.1, -0.05) is 11.6 Å². The highest BCUT2D eigenvalue weighted by atomic mass is 35.5. The van der Waals surface area contributed by atoms with Gasteiger partial charge in [-0.3, -0.25) is 4.72 Å². The fourth-order valence-corrected chi connectivity index (χ4v) is 2.41. The Labute approximate surface area is 125 Å². The minimum atomic E-state index is -3.73. The van der Waals surface area contributed by atoms with Crippen molar-refractivity contribution < 1.29 is 22.3 Å². The summed E-state index contributed by atoms with van der Waals surface area (Å²) in [7, 11) is -1.04. The van der Waals surface area contributed by atoms with Crippen LogP contribution < -0.4 is 14.2 Å². The van der Waals surface area contributed by atoms with Crippen molar-refractivity contribution in [1.29, 1.82) is 0 Å². The van der Waals surface area contributed by atoms with E-state index < -0.39 is 21.5 Å². The van der Waals surface area contributed by atoms with Gasteiger partial charge < -0.3 is 9.47 Å². The predicted octanol–water partition coefficient (Wildman–Crippen LogP) is 1.81. The predicted molar refractivity (Wildman–Crippen MR) is 76.1 cm³/mol. The van der Waals surface area contributed by atoms with Gasteiger partial charge in [0, 0.05) is 0 Å². The Bertz CT molecular complexity index is 813. The summed E-state index contributed by atoms with van der Waals surface area (Å²) in [5.41, 5.74) is -0.279. The molecule has 0 aliphatic heterocycles. The average Bonchev–Trinajstić information content (AvgIpc) is 2.41. The number of nitrogens with one attached hydrogen (secondary N) is 1. The van der Waals surface area contributed by atoms with Crippen LogP contribution in [0.2, 0.25) is 5.02 Å². The maximum atomic E-state index is 14.1. The molecule has 0 aliphatic carbocycles. The highest BCUT2D eigenvalue weighted by molar-refractivity contribution is 7.92. The van der Waals surface area contributed by atoms with E-state index in [2.05, 4.69) is 9.97 Å². The van der Waals surface area contributed by atoms with Crippen LogP contribution in [-0.4, -0.2) is 38.9 Å². The molecule has 21 heavy (non-hydrogen) atoms. The number of methoxy groups -OCH3 is 2. The van der Waals surface area contributed by atoms with Crippen LogP contribution in [-0.2, 0) is 10.0 Å². The first-order chi connectivity index (χ1) is 9.76. The van der Waals surface area contributed by atoms with Crippen molar-refractivity contribution >= 4 is 38.3 Å². The van der Waals surface area contributed by atoms with Gasteiger partial charge in [0.25, 0.3) is 11.8 Å². The first-order valence-electron chi connectivity index (χ1n) is 5.52. The minimum Gasteiger partial charge on any atom is -0.477 e. The van der Waals surface area contributed by atoms with Gasteiger partial charge in [0.2, 0.25) is 10.0 Å². The van der Waals surface area contributed by atoms with Crippen molar-refractivity contribution in [3.8, 4) is 11.8 Å². The molecule has 0 radical (unpaired) electrons. The molecule has 0 unspecified atom stereocenters. The second kappa shape index (κ2) is 5.49. The van der Waals surface area contributed by atoms with Crippen molar-refractivity contribution in [1.82, 2.24) is 9.97 Å². The fraction of sp³-hybridized carbons (Fsp3) is 0.273. The molecule has 1 N–H and O–H groups in total. The number of hydrogen-bond acceptors (Lipinski definition) is 6. The van der Waals surface area contributed by atoms with Gasteiger partial charge in [0.15, 0.2) is 5.82 Å². The topological polar surface area (TPSA) is 90.4 Å². The standard InChI is InChI=1S/C11H11ClFN3O4S/c1-19-10-11(20-2)15-8-6(14-10)4-5(12)7(13)9(8)16-21(3,17)18/h4,16H,1-3H3. The van der Waals surface area contributed by atoms with Crippen LogP contribution in [0, 0.1) is 5.82 Å². The van der Waals surface area contributed by atoms with E-state index in [1.165, 1.54) is 20.3 Å². The first kappa shape index (κ1) is 15.5. The molecule has 0 saturated carbocycles. The van der Waals surface area contributed by atoms with Crippen molar-refractivity contribution in [3.05, 3.63) is 16.9 Å². The molecule has 1 heterocycles. The van der Waals surface area contributed by atoms with E-state index in [1.807, 2.05) is 4.72 Å². The van der Waals surface area contributed by atoms with E-state index in [9.17, 15) is 12.8 Å². The molecule has 0 aliphatic rings. The normalized spacial score (nSPS) is 11.5. The van der Waals surface area contributed by atoms with Crippen molar-refractivity contribution in [2.45, 2.75) is 0 Å². The van der Waals surface area contributed by atoms with E-state index in [0.29, 0.717) is 0 Å². The molecular formula is C11H11ClFN3O4S. The maximum Gasteiger partial charge on any atom is 0.278 e. The molecule has 114 valence electrons. The van der Waals surface area contributed by atoms with E-state index in [4.69, 9.17) is 21.1 Å². The van der Waals surface area contributed by atoms with Gasteiger partial charge in [-0.25, -0.2) is 22.8 Å². The number of aromatic nitrogens is 2. The second-order valence-electron chi connectivity index (χ2n) is 4.03. The lowest BCUT2D eigenvalue weighted by Gasteiger charge is -2.12. The van der Waals surface area contributed by atoms with Crippen LogP contribution >= 0.6 is 11.6 Å². The van der Waals surface area contributed by atoms with Crippen LogP contribution in [0.5, 0.6) is 11.8 Å². The molecule has 0 saturated heterocycles. The lowest BCUT2D eigenvalue weighted by Crippen LogP contribution is -2.12. The minimum absolute atomic E-state index is 0.0109. The Balaban J connectivity index is 2.84. The molecule has 0 spiro atoms. The Morgan fingerprint density at radius 2 is 1.81 bits per heavy atom. The third-order valence-electron chi connectivity index (χ3n) is 2.46. The second-order valence-corrected chi connectivity index (χ2v) is 6.19. The lowest BCUT2D eigenvalue weighted by molar-refractivity contribution is 0.334. The van der Waals surface area contributed by atoms with Gasteiger partial charge in [-0.15, -0.1) is 0 Å². The number of benzene rings is 1. The summed E-state index contributed by atoms with van der Waals surface area (Å²) in [5, 5.41) is -0.296. The number of anilines is 1. The molecule has 0 amide bonds. The fourth-order valence-electron chi connectivity index (χ4n) is 1.65. The Morgan fingerprint density at radius 3 is 2.33 bits per heavy atom. The van der Waals surface area contributed by atoms with E-state index in [1.54, 1.807) is 0 Å². The number of nitrogens with zero attached hydrogens (tertiary/aromatic N) is 2. The van der Waals surface area contributed by atoms with Gasteiger partial charge in [-0.05, 0) is 6.07 Å². The molecule has 0 atom stereocenters. The Hall–Kier alpha value is -1.87. The summed E-state index contributed by atoms with van der Waals surface area (Å²) >= 11 is 5.74. The molecule has 2 rings (SSSR count). The van der Waals surface area contributed by atoms with Crippen molar-refractivity contribution in [3.63, 3.8) is 0 Å². The molecule has 7 nitrogen and oxygen atoms in total. The quantitative estimate of drug-likeness (QED) is 0.916. The number of ether oxygens (including phenoxy) is 2. The number of hydrogen-bond donors (Lipinski definition) is 1. The zero-order valence-electron chi connectivity index (χ0n) is 11.3. The van der Waals surface area contributed by atoms with E-state index in [0.717, 1.165) is 6.26 Å². The molecule has 1 aromatic heterocycles. The third kappa shape index (κ3) is 3.08. The summed E-state index contributed by atoms with van der Waals surface area (Å²) in [6, 6.07) is 1.22. The maximum absolute atomic E-state index is 14.1. The zero-order valence-corrected chi connectivity index (χ0v) is 12.8. The average molecular weight is 336 g/mol. The first-order valence-corrected chi connectivity index (χ1v) is 7.79. The monoisotopic (exact) mass is 335 g/mol. The molecule has 0 fully saturated rings. The summed E-state index contributed by atoms with van der Waals surface area (Å²) in [5.74, 6) is -0.891. The SMILES string of the molecule is COc1nc2cc(Cl)c(F)c(NS(C)(=O)=O)c2nc1OC. The highest BCUT2D eigenvalue weighted by Crippen LogP contribution is 2.34. The lowest BCUT2D eigenvalue weighted by atomic mass is 10.2. The summed E-state index contributed by atoms with van der Waals surface area (Å²) < 4.78 is 48.8. The van der Waals surface area contributed by atoms with Crippen molar-refractivity contribution in [2.75, 3.05) is 25.2 Å². The van der Waals surface area contributed by atoms with Crippen LogP contribution in [0.4, 0.5) is 10.1 Å². The Kier molecular flexibility index (Phi) is 4.06. The summed E-state index contributed by atoms with van der Waals surface area (Å²) in [4.78, 5) is 8.08. The number of sulfonamides is 1. The van der Waals surface area contributed by atoms with Crippen LogP contribution in [0.1, 0.15) is 0 Å². The largest absolute Gasteiger partial charge is 0.477 e. The van der Waals surface area contributed by atoms with Crippen LogP contribution in [0.3, 0.4) is 0 Å². The van der Waals surface area contributed by atoms with Crippen molar-refractivity contribution in [2.24, 2.45) is 0 Å². The van der Waals surface area contributed by atoms with Gasteiger partial charge in [-0.2, -0.15) is 0 Å². The van der Waals surface area contributed by atoms with Gasteiger partial charge in [0.1, 0.15) is 11.2 Å². The van der Waals surface area contributed by atoms with E-state index >= 15 is 0 Å². The third-order valence-corrected chi connectivity index (χ3v) is 3.31. The summed E-state index contributed by atoms with van der Waals surface area (Å²) in [6.45, 7) is 0. The highest BCUT2D eigenvalue weighted by Gasteiger charge is 2.20. The molecular weight excluding hydrogens is 325 g/mol.